The minimum absolute atomic E-state index is 0.868. The standard InChI is InChI=1S/C6H14N4O2/c7-4(5(11)12)2-1-3-10-6(8)9/h4H,1-3,7H2,(H,11,12)(H4,8,9,10)/t4-/m0/s1/i1D2,2D2,3D2,4D,7+1,8+1,9+1,10+1. The third kappa shape index (κ3) is 5.48. The molecular formula is C6H14N4O2. The van der Waals surface area contributed by atoms with Crippen molar-refractivity contribution in [2.75, 3.05) is 6.50 Å². The Hall–Kier alpha value is -1.30. The molecule has 0 heterocycles. The van der Waals surface area contributed by atoms with Crippen LogP contribution in [0, 0.1) is 0 Å². The van der Waals surface area contributed by atoms with Crippen LogP contribution in [-0.4, -0.2) is 29.6 Å². The van der Waals surface area contributed by atoms with Gasteiger partial charge in [0.2, 0.25) is 0 Å². The Balaban J connectivity index is 5.91. The second-order valence-corrected chi connectivity index (χ2v) is 1.62. The first-order valence-electron chi connectivity index (χ1n) is 6.24. The van der Waals surface area contributed by atoms with E-state index in [2.05, 4.69) is 4.99 Å². The Bertz CT molecular complexity index is 404. The largest absolute Gasteiger partial charge is 0.480 e. The summed E-state index contributed by atoms with van der Waals surface area (Å²) >= 11 is 0. The Morgan fingerprint density at radius 2 is 2.33 bits per heavy atom. The molecule has 0 aromatic carbocycles. The Labute approximate surface area is 80.3 Å². The molecule has 0 spiro atoms. The number of carbonyl (C=O) groups is 1. The molecule has 6 nitrogen and oxygen atoms in total. The van der Waals surface area contributed by atoms with Crippen molar-refractivity contribution in [2.24, 2.45) is 22.2 Å². The topological polar surface area (TPSA) is 128 Å². The summed E-state index contributed by atoms with van der Waals surface area (Å²) in [6.07, 6.45) is -7.22. The van der Waals surface area contributed by atoms with Crippen LogP contribution in [0.25, 0.3) is 0 Å². The normalized spacial score (nSPS) is 26.9. The third-order valence-electron chi connectivity index (χ3n) is 0.668. The summed E-state index contributed by atoms with van der Waals surface area (Å²) < 4.78 is 51.4. The molecule has 70 valence electrons. The van der Waals surface area contributed by atoms with Gasteiger partial charge in [0.05, 0.1) is 4.11 Å². The van der Waals surface area contributed by atoms with Crippen LogP contribution < -0.4 is 17.2 Å². The summed E-state index contributed by atoms with van der Waals surface area (Å²) in [6, 6.07) is -3.44. The van der Waals surface area contributed by atoms with Gasteiger partial charge in [0, 0.05) is 12.0 Å². The molecule has 7 N–H and O–H groups in total. The van der Waals surface area contributed by atoms with Crippen LogP contribution in [0.3, 0.4) is 0 Å². The predicted molar refractivity (Wildman–Crippen MR) is 45.5 cm³/mol. The number of rotatable bonds is 5. The molecule has 0 amide bonds. The number of nitrogens with zero attached hydrogens (tertiary/aromatic N) is 1. The summed E-state index contributed by atoms with van der Waals surface area (Å²) in [4.78, 5) is 13.6. The minimum atomic E-state index is -3.63. The number of hydrogen-bond donors (Lipinski definition) is 4. The lowest BCUT2D eigenvalue weighted by Crippen LogP contribution is -2.30. The Morgan fingerprint density at radius 1 is 1.75 bits per heavy atom. The molecule has 6 heteroatoms. The van der Waals surface area contributed by atoms with Crippen molar-refractivity contribution in [3.8, 4) is 0 Å². The van der Waals surface area contributed by atoms with Crippen molar-refractivity contribution >= 4 is 11.9 Å². The van der Waals surface area contributed by atoms with E-state index in [1.165, 1.54) is 0 Å². The highest BCUT2D eigenvalue weighted by molar-refractivity contribution is 5.75. The van der Waals surface area contributed by atoms with Crippen molar-refractivity contribution in [1.82, 2.24) is 0 Å². The van der Waals surface area contributed by atoms with Crippen molar-refractivity contribution in [1.29, 1.82) is 0 Å². The van der Waals surface area contributed by atoms with Gasteiger partial charge in [0.15, 0.2) is 5.96 Å². The quantitative estimate of drug-likeness (QED) is 0.234. The van der Waals surface area contributed by atoms with Crippen LogP contribution in [0.15, 0.2) is 4.99 Å². The van der Waals surface area contributed by atoms with Crippen LogP contribution in [0.4, 0.5) is 0 Å². The second-order valence-electron chi connectivity index (χ2n) is 1.62. The molecule has 0 aliphatic heterocycles. The van der Waals surface area contributed by atoms with Gasteiger partial charge < -0.3 is 22.3 Å². The molecular weight excluding hydrogens is 164 g/mol. The number of guanidine groups is 1. The van der Waals surface area contributed by atoms with E-state index >= 15 is 0 Å². The third-order valence-corrected chi connectivity index (χ3v) is 0.668. The zero-order chi connectivity index (χ0) is 15.9. The highest BCUT2D eigenvalue weighted by atomic mass is 16.4. The number of hydrogen-bond acceptors (Lipinski definition) is 3. The lowest BCUT2D eigenvalue weighted by molar-refractivity contribution is -0.138. The Kier molecular flexibility index (Phi) is 1.61. The maximum atomic E-state index is 10.7. The van der Waals surface area contributed by atoms with E-state index in [1.807, 2.05) is 0 Å². The molecule has 0 bridgehead atoms. The molecule has 0 saturated carbocycles. The maximum absolute atomic E-state index is 10.7. The molecule has 0 unspecified atom stereocenters. The average molecular weight is 185 g/mol. The van der Waals surface area contributed by atoms with Gasteiger partial charge in [0.25, 0.3) is 0 Å². The first kappa shape index (κ1) is 3.61. The summed E-state index contributed by atoms with van der Waals surface area (Å²) in [5.74, 6) is -3.03. The van der Waals surface area contributed by atoms with Crippen LogP contribution in [-0.2, 0) is 4.79 Å². The zero-order valence-electron chi connectivity index (χ0n) is 13.0. The summed E-state index contributed by atoms with van der Waals surface area (Å²) in [7, 11) is 0. The van der Waals surface area contributed by atoms with E-state index in [-0.39, 0.29) is 0 Å². The van der Waals surface area contributed by atoms with Gasteiger partial charge in [-0.05, 0) is 12.7 Å². The van der Waals surface area contributed by atoms with E-state index in [0.29, 0.717) is 0 Å². The summed E-state index contributed by atoms with van der Waals surface area (Å²) in [6.45, 7) is -3.32. The van der Waals surface area contributed by atoms with Crippen LogP contribution in [0.1, 0.15) is 22.3 Å². The molecule has 12 heavy (non-hydrogen) atoms. The van der Waals surface area contributed by atoms with E-state index < -0.39 is 37.2 Å². The highest BCUT2D eigenvalue weighted by Gasteiger charge is 2.09. The smallest absolute Gasteiger partial charge is 0.320 e. The van der Waals surface area contributed by atoms with Crippen LogP contribution >= 0.6 is 0 Å². The molecule has 0 aromatic rings. The van der Waals surface area contributed by atoms with Crippen molar-refractivity contribution < 1.29 is 19.5 Å². The molecule has 1 atom stereocenters. The molecule has 0 saturated heterocycles. The maximum Gasteiger partial charge on any atom is 0.320 e. The lowest BCUT2D eigenvalue weighted by Gasteiger charge is -2.03. The van der Waals surface area contributed by atoms with Crippen LogP contribution in [0.5, 0.6) is 0 Å². The van der Waals surface area contributed by atoms with E-state index in [9.17, 15) is 4.79 Å². The van der Waals surface area contributed by atoms with E-state index in [0.717, 1.165) is 0 Å². The van der Waals surface area contributed by atoms with Gasteiger partial charge in [-0.25, -0.2) is 0 Å². The molecule has 0 fully saturated rings. The molecule has 0 rings (SSSR count). The lowest BCUT2D eigenvalue weighted by atomic mass is 10.2. The summed E-state index contributed by atoms with van der Waals surface area (Å²) in [5.41, 5.74) is 14.7. The van der Waals surface area contributed by atoms with Gasteiger partial charge in [-0.1, -0.05) is 0 Å². The number of carboxylic acids is 1. The number of nitrogens with two attached hydrogens (primary N) is 3. The molecule has 0 aliphatic rings. The van der Waals surface area contributed by atoms with Crippen molar-refractivity contribution in [3.63, 3.8) is 0 Å². The summed E-state index contributed by atoms with van der Waals surface area (Å²) in [5, 5.41) is 8.66. The monoisotopic (exact) mass is 185 g/mol. The van der Waals surface area contributed by atoms with Gasteiger partial charge in [-0.15, -0.1) is 0 Å². The first-order chi connectivity index (χ1) is 8.11. The number of aliphatic carboxylic acids is 1. The van der Waals surface area contributed by atoms with Crippen molar-refractivity contribution in [3.05, 3.63) is 0 Å². The fourth-order valence-corrected chi connectivity index (χ4v) is 0.241. The molecule has 0 radical (unpaired) electrons. The van der Waals surface area contributed by atoms with E-state index in [4.69, 9.17) is 31.9 Å². The highest BCUT2D eigenvalue weighted by Crippen LogP contribution is 1.94. The molecule has 0 aromatic heterocycles. The molecule has 0 aliphatic carbocycles. The fraction of sp³-hybridized carbons (Fsp3) is 0.667. The average Bonchev–Trinajstić information content (AvgIpc) is 2.14. The fourth-order valence-electron chi connectivity index (χ4n) is 0.241. The van der Waals surface area contributed by atoms with Gasteiger partial charge in [-0.2, -0.15) is 0 Å². The predicted octanol–water partition coefficient (Wildman–Crippen LogP) is -1.55. The second kappa shape index (κ2) is 5.36. The zero-order valence-corrected chi connectivity index (χ0v) is 6.03. The van der Waals surface area contributed by atoms with Gasteiger partial charge in [0.1, 0.15) is 6.02 Å². The van der Waals surface area contributed by atoms with E-state index in [1.54, 1.807) is 0 Å². The van der Waals surface area contributed by atoms with Gasteiger partial charge in [-0.3, -0.25) is 9.79 Å². The van der Waals surface area contributed by atoms with Crippen LogP contribution in [0.2, 0.25) is 0 Å². The first-order valence-corrected chi connectivity index (χ1v) is 2.74. The minimum Gasteiger partial charge on any atom is -0.480 e. The number of aliphatic imine (C=N–C) groups is 1. The SMILES string of the molecule is [2H]C([2H])([15N]=C([15NH2])[15NH2])C([2H])([2H])C([2H])([2H])[C@]([2H])([15NH2])C(=O)O. The van der Waals surface area contributed by atoms with Gasteiger partial charge >= 0.3 is 5.97 Å². The Morgan fingerprint density at radius 3 is 2.75 bits per heavy atom. The number of carboxylic acid groups (broad SMARTS) is 1. The van der Waals surface area contributed by atoms with Crippen molar-refractivity contribution in [2.45, 2.75) is 18.8 Å².